The zero-order valence-electron chi connectivity index (χ0n) is 18.2. The number of piperidine rings is 1. The second-order valence-corrected chi connectivity index (χ2v) is 8.85. The molecule has 2 heterocycles. The first-order valence-electron chi connectivity index (χ1n) is 11.2. The van der Waals surface area contributed by atoms with Gasteiger partial charge in [-0.1, -0.05) is 30.3 Å². The van der Waals surface area contributed by atoms with Crippen molar-refractivity contribution >= 4 is 17.7 Å². The molecule has 0 bridgehead atoms. The van der Waals surface area contributed by atoms with Gasteiger partial charge in [0, 0.05) is 45.2 Å². The fourth-order valence-electron chi connectivity index (χ4n) is 3.73. The van der Waals surface area contributed by atoms with Crippen LogP contribution in [0.1, 0.15) is 37.0 Å². The summed E-state index contributed by atoms with van der Waals surface area (Å²) in [6.07, 6.45) is 9.43. The van der Waals surface area contributed by atoms with E-state index in [-0.39, 0.29) is 0 Å². The molecular weight excluding hydrogens is 392 g/mol. The van der Waals surface area contributed by atoms with Gasteiger partial charge in [0.05, 0.1) is 6.26 Å². The van der Waals surface area contributed by atoms with Crippen molar-refractivity contribution in [2.24, 2.45) is 4.99 Å². The van der Waals surface area contributed by atoms with E-state index in [9.17, 15) is 0 Å². The SMILES string of the molecule is CSCCCCN=C(NCCc1ccco1)NC1CCN(Cc2ccccc2)CC1. The summed E-state index contributed by atoms with van der Waals surface area (Å²) in [6, 6.07) is 15.2. The van der Waals surface area contributed by atoms with Gasteiger partial charge in [-0.05, 0) is 55.4 Å². The number of hydrogen-bond donors (Lipinski definition) is 2. The standard InChI is InChI=1S/C24H36N4OS/c1-30-19-6-5-14-25-24(26-15-11-23-10-7-18-29-23)27-22-12-16-28(17-13-22)20-21-8-3-2-4-9-21/h2-4,7-10,18,22H,5-6,11-17,19-20H2,1H3,(H2,25,26,27). The Bertz CT molecular complexity index is 712. The van der Waals surface area contributed by atoms with Crippen LogP contribution < -0.4 is 10.6 Å². The Morgan fingerprint density at radius 1 is 1.13 bits per heavy atom. The van der Waals surface area contributed by atoms with E-state index in [1.54, 1.807) is 6.26 Å². The van der Waals surface area contributed by atoms with Gasteiger partial charge in [0.2, 0.25) is 0 Å². The minimum atomic E-state index is 0.484. The Morgan fingerprint density at radius 3 is 2.70 bits per heavy atom. The lowest BCUT2D eigenvalue weighted by molar-refractivity contribution is 0.198. The average molecular weight is 429 g/mol. The molecule has 2 aromatic rings. The second-order valence-electron chi connectivity index (χ2n) is 7.87. The quantitative estimate of drug-likeness (QED) is 0.320. The predicted octanol–water partition coefficient (Wildman–Crippen LogP) is 4.17. The molecule has 0 atom stereocenters. The predicted molar refractivity (Wildman–Crippen MR) is 128 cm³/mol. The fraction of sp³-hybridized carbons (Fsp3) is 0.542. The van der Waals surface area contributed by atoms with Crippen molar-refractivity contribution in [2.75, 3.05) is 38.2 Å². The van der Waals surface area contributed by atoms with Crippen LogP contribution >= 0.6 is 11.8 Å². The number of thioether (sulfide) groups is 1. The summed E-state index contributed by atoms with van der Waals surface area (Å²) in [4.78, 5) is 7.39. The van der Waals surface area contributed by atoms with Crippen molar-refractivity contribution in [3.63, 3.8) is 0 Å². The Balaban J connectivity index is 1.43. The first-order valence-corrected chi connectivity index (χ1v) is 12.6. The minimum Gasteiger partial charge on any atom is -0.469 e. The van der Waals surface area contributed by atoms with Gasteiger partial charge >= 0.3 is 0 Å². The van der Waals surface area contributed by atoms with Crippen molar-refractivity contribution < 1.29 is 4.42 Å². The molecular formula is C24H36N4OS. The number of guanidine groups is 1. The van der Waals surface area contributed by atoms with E-state index in [0.717, 1.165) is 70.1 Å². The zero-order valence-corrected chi connectivity index (χ0v) is 19.0. The number of furan rings is 1. The monoisotopic (exact) mass is 428 g/mol. The molecule has 30 heavy (non-hydrogen) atoms. The van der Waals surface area contributed by atoms with Gasteiger partial charge in [0.15, 0.2) is 5.96 Å². The molecule has 0 unspecified atom stereocenters. The molecule has 0 radical (unpaired) electrons. The maximum Gasteiger partial charge on any atom is 0.191 e. The summed E-state index contributed by atoms with van der Waals surface area (Å²) in [6.45, 7) is 5.01. The van der Waals surface area contributed by atoms with E-state index >= 15 is 0 Å². The number of benzene rings is 1. The highest BCUT2D eigenvalue weighted by molar-refractivity contribution is 7.98. The smallest absolute Gasteiger partial charge is 0.191 e. The third-order valence-electron chi connectivity index (χ3n) is 5.45. The second kappa shape index (κ2) is 13.4. The van der Waals surface area contributed by atoms with Gasteiger partial charge in [-0.2, -0.15) is 11.8 Å². The zero-order chi connectivity index (χ0) is 20.9. The minimum absolute atomic E-state index is 0.484. The largest absolute Gasteiger partial charge is 0.469 e. The molecule has 1 fully saturated rings. The van der Waals surface area contributed by atoms with E-state index in [4.69, 9.17) is 9.41 Å². The summed E-state index contributed by atoms with van der Waals surface area (Å²) in [5.41, 5.74) is 1.40. The third kappa shape index (κ3) is 8.44. The first-order chi connectivity index (χ1) is 14.8. The Labute approximate surface area is 185 Å². The van der Waals surface area contributed by atoms with Crippen LogP contribution in [0, 0.1) is 0 Å². The van der Waals surface area contributed by atoms with Crippen LogP contribution in [0.3, 0.4) is 0 Å². The number of hydrogen-bond acceptors (Lipinski definition) is 4. The molecule has 0 amide bonds. The molecule has 1 saturated heterocycles. The van der Waals surface area contributed by atoms with E-state index in [2.05, 4.69) is 52.1 Å². The van der Waals surface area contributed by atoms with E-state index in [0.29, 0.717) is 6.04 Å². The van der Waals surface area contributed by atoms with Crippen molar-refractivity contribution in [1.82, 2.24) is 15.5 Å². The first kappa shape index (κ1) is 22.8. The summed E-state index contributed by atoms with van der Waals surface area (Å²) in [7, 11) is 0. The molecule has 1 aromatic heterocycles. The molecule has 2 N–H and O–H groups in total. The lowest BCUT2D eigenvalue weighted by atomic mass is 10.0. The normalized spacial score (nSPS) is 16.0. The molecule has 0 saturated carbocycles. The fourth-order valence-corrected chi connectivity index (χ4v) is 4.22. The van der Waals surface area contributed by atoms with Crippen LogP contribution in [-0.2, 0) is 13.0 Å². The van der Waals surface area contributed by atoms with Crippen molar-refractivity contribution in [3.05, 3.63) is 60.1 Å². The van der Waals surface area contributed by atoms with Crippen molar-refractivity contribution in [1.29, 1.82) is 0 Å². The average Bonchev–Trinajstić information content (AvgIpc) is 3.29. The lowest BCUT2D eigenvalue weighted by Gasteiger charge is -2.33. The van der Waals surface area contributed by atoms with Gasteiger partial charge < -0.3 is 15.1 Å². The van der Waals surface area contributed by atoms with Gasteiger partial charge in [0.25, 0.3) is 0 Å². The van der Waals surface area contributed by atoms with Gasteiger partial charge in [0.1, 0.15) is 5.76 Å². The lowest BCUT2D eigenvalue weighted by Crippen LogP contribution is -2.49. The summed E-state index contributed by atoms with van der Waals surface area (Å²) < 4.78 is 5.44. The highest BCUT2D eigenvalue weighted by Gasteiger charge is 2.20. The molecule has 3 rings (SSSR count). The maximum atomic E-state index is 5.44. The maximum absolute atomic E-state index is 5.44. The highest BCUT2D eigenvalue weighted by atomic mass is 32.2. The number of nitrogens with one attached hydrogen (secondary N) is 2. The molecule has 0 spiro atoms. The molecule has 1 aliphatic heterocycles. The van der Waals surface area contributed by atoms with E-state index in [1.165, 1.54) is 17.7 Å². The number of nitrogens with zero attached hydrogens (tertiary/aromatic N) is 2. The molecule has 1 aromatic carbocycles. The molecule has 0 aliphatic carbocycles. The van der Waals surface area contributed by atoms with Crippen LogP contribution in [-0.4, -0.2) is 55.1 Å². The molecule has 6 heteroatoms. The number of aliphatic imine (C=N–C) groups is 1. The van der Waals surface area contributed by atoms with Crippen LogP contribution in [0.4, 0.5) is 0 Å². The Kier molecular flexibility index (Phi) is 10.2. The Morgan fingerprint density at radius 2 is 1.97 bits per heavy atom. The van der Waals surface area contributed by atoms with Crippen LogP contribution in [0.15, 0.2) is 58.1 Å². The van der Waals surface area contributed by atoms with Gasteiger partial charge in [-0.3, -0.25) is 9.89 Å². The van der Waals surface area contributed by atoms with E-state index < -0.39 is 0 Å². The van der Waals surface area contributed by atoms with Crippen LogP contribution in [0.25, 0.3) is 0 Å². The van der Waals surface area contributed by atoms with Crippen LogP contribution in [0.2, 0.25) is 0 Å². The molecule has 5 nitrogen and oxygen atoms in total. The highest BCUT2D eigenvalue weighted by Crippen LogP contribution is 2.14. The van der Waals surface area contributed by atoms with Gasteiger partial charge in [-0.25, -0.2) is 0 Å². The summed E-state index contributed by atoms with van der Waals surface area (Å²) >= 11 is 1.91. The van der Waals surface area contributed by atoms with Crippen LogP contribution in [0.5, 0.6) is 0 Å². The Hall–Kier alpha value is -1.92. The van der Waals surface area contributed by atoms with Crippen molar-refractivity contribution in [3.8, 4) is 0 Å². The third-order valence-corrected chi connectivity index (χ3v) is 6.14. The topological polar surface area (TPSA) is 52.8 Å². The number of likely N-dealkylation sites (tertiary alicyclic amines) is 1. The number of unbranched alkanes of at least 4 members (excludes halogenated alkanes) is 1. The summed E-state index contributed by atoms with van der Waals surface area (Å²) in [5.74, 6) is 3.17. The number of rotatable bonds is 11. The summed E-state index contributed by atoms with van der Waals surface area (Å²) in [5, 5.41) is 7.20. The van der Waals surface area contributed by atoms with Gasteiger partial charge in [-0.15, -0.1) is 0 Å². The van der Waals surface area contributed by atoms with E-state index in [1.807, 2.05) is 23.9 Å². The molecule has 164 valence electrons. The van der Waals surface area contributed by atoms with Crippen molar-refractivity contribution in [2.45, 2.75) is 44.7 Å². The molecule has 1 aliphatic rings.